The molecule has 0 amide bonds. The third-order valence-electron chi connectivity index (χ3n) is 2.04. The fourth-order valence-corrected chi connectivity index (χ4v) is 1.76. The van der Waals surface area contributed by atoms with Gasteiger partial charge < -0.3 is 9.84 Å². The number of aromatic hydroxyl groups is 1. The van der Waals surface area contributed by atoms with Crippen LogP contribution in [0.25, 0.3) is 0 Å². The third kappa shape index (κ3) is 2.76. The highest BCUT2D eigenvalue weighted by Gasteiger charge is 2.21. The first-order valence-electron chi connectivity index (χ1n) is 4.36. The van der Waals surface area contributed by atoms with E-state index in [4.69, 9.17) is 4.74 Å². The molecule has 0 atom stereocenters. The van der Waals surface area contributed by atoms with Crippen LogP contribution in [0.3, 0.4) is 0 Å². The number of ether oxygens (including phenoxy) is 1. The van der Waals surface area contributed by atoms with E-state index in [9.17, 15) is 5.11 Å². The van der Waals surface area contributed by atoms with E-state index in [-0.39, 0.29) is 5.75 Å². The Morgan fingerprint density at radius 1 is 1.38 bits per heavy atom. The molecule has 0 radical (unpaired) electrons. The van der Waals surface area contributed by atoms with Crippen molar-refractivity contribution in [3.8, 4) is 11.5 Å². The van der Waals surface area contributed by atoms with E-state index in [1.54, 1.807) is 12.1 Å². The van der Waals surface area contributed by atoms with Crippen LogP contribution in [0.15, 0.2) is 18.2 Å². The first-order valence-corrected chi connectivity index (χ1v) is 5.44. The molecule has 70 valence electrons. The molecule has 1 saturated carbocycles. The first-order chi connectivity index (χ1) is 6.24. The van der Waals surface area contributed by atoms with Crippen molar-refractivity contribution < 1.29 is 9.84 Å². The van der Waals surface area contributed by atoms with Crippen LogP contribution >= 0.6 is 22.6 Å². The number of phenols is 1. The number of halogens is 1. The summed E-state index contributed by atoms with van der Waals surface area (Å²) in [4.78, 5) is 0. The maximum absolute atomic E-state index is 9.29. The van der Waals surface area contributed by atoms with E-state index in [1.807, 2.05) is 6.07 Å². The molecule has 0 heterocycles. The van der Waals surface area contributed by atoms with E-state index >= 15 is 0 Å². The van der Waals surface area contributed by atoms with Crippen molar-refractivity contribution in [2.75, 3.05) is 6.61 Å². The molecule has 1 aromatic rings. The van der Waals surface area contributed by atoms with E-state index < -0.39 is 0 Å². The molecule has 0 unspecified atom stereocenters. The fourth-order valence-electron chi connectivity index (χ4n) is 1.13. The Morgan fingerprint density at radius 3 is 2.77 bits per heavy atom. The molecule has 0 saturated heterocycles. The summed E-state index contributed by atoms with van der Waals surface area (Å²) >= 11 is 2.16. The summed E-state index contributed by atoms with van der Waals surface area (Å²) in [5, 5.41) is 9.29. The summed E-state index contributed by atoms with van der Waals surface area (Å²) in [6, 6.07) is 5.30. The van der Waals surface area contributed by atoms with Gasteiger partial charge in [-0.2, -0.15) is 0 Å². The van der Waals surface area contributed by atoms with Gasteiger partial charge in [0.05, 0.1) is 6.61 Å². The van der Waals surface area contributed by atoms with Gasteiger partial charge in [0.2, 0.25) is 0 Å². The van der Waals surface area contributed by atoms with Crippen molar-refractivity contribution in [2.24, 2.45) is 5.92 Å². The van der Waals surface area contributed by atoms with Gasteiger partial charge in [-0.25, -0.2) is 0 Å². The Hall–Kier alpha value is -0.450. The van der Waals surface area contributed by atoms with Crippen molar-refractivity contribution in [2.45, 2.75) is 12.8 Å². The Balaban J connectivity index is 2.01. The van der Waals surface area contributed by atoms with Gasteiger partial charge in [-0.05, 0) is 53.5 Å². The number of hydrogen-bond donors (Lipinski definition) is 1. The van der Waals surface area contributed by atoms with E-state index in [0.717, 1.165) is 21.8 Å². The first kappa shape index (κ1) is 9.12. The van der Waals surface area contributed by atoms with Gasteiger partial charge in [0, 0.05) is 9.64 Å². The molecule has 1 fully saturated rings. The van der Waals surface area contributed by atoms with E-state index in [1.165, 1.54) is 12.8 Å². The number of benzene rings is 1. The van der Waals surface area contributed by atoms with Crippen LogP contribution in [0.5, 0.6) is 11.5 Å². The number of hydrogen-bond acceptors (Lipinski definition) is 2. The molecule has 2 nitrogen and oxygen atoms in total. The number of phenolic OH excluding ortho intramolecular Hbond substituents is 1. The molecule has 1 aromatic carbocycles. The topological polar surface area (TPSA) is 29.5 Å². The van der Waals surface area contributed by atoms with Gasteiger partial charge in [0.1, 0.15) is 11.5 Å². The monoisotopic (exact) mass is 290 g/mol. The highest BCUT2D eigenvalue weighted by atomic mass is 127. The second-order valence-electron chi connectivity index (χ2n) is 3.40. The van der Waals surface area contributed by atoms with Crippen LogP contribution in [-0.4, -0.2) is 11.7 Å². The molecule has 2 rings (SSSR count). The van der Waals surface area contributed by atoms with Crippen LogP contribution in [0, 0.1) is 9.49 Å². The van der Waals surface area contributed by atoms with Crippen molar-refractivity contribution in [3.05, 3.63) is 21.8 Å². The molecule has 1 aliphatic carbocycles. The summed E-state index contributed by atoms with van der Waals surface area (Å²) < 4.78 is 6.53. The van der Waals surface area contributed by atoms with Crippen LogP contribution in [0.4, 0.5) is 0 Å². The average Bonchev–Trinajstić information content (AvgIpc) is 2.81. The molecule has 0 bridgehead atoms. The van der Waals surface area contributed by atoms with Gasteiger partial charge in [0.15, 0.2) is 0 Å². The van der Waals surface area contributed by atoms with Crippen molar-refractivity contribution in [1.82, 2.24) is 0 Å². The van der Waals surface area contributed by atoms with Crippen molar-refractivity contribution in [1.29, 1.82) is 0 Å². The van der Waals surface area contributed by atoms with Crippen LogP contribution in [0.1, 0.15) is 12.8 Å². The summed E-state index contributed by atoms with van der Waals surface area (Å²) in [5.41, 5.74) is 0. The Kier molecular flexibility index (Phi) is 2.62. The Bertz CT molecular complexity index is 288. The lowest BCUT2D eigenvalue weighted by Gasteiger charge is -2.05. The average molecular weight is 290 g/mol. The maximum Gasteiger partial charge on any atom is 0.124 e. The van der Waals surface area contributed by atoms with Crippen LogP contribution in [-0.2, 0) is 0 Å². The second kappa shape index (κ2) is 3.74. The lowest BCUT2D eigenvalue weighted by Crippen LogP contribution is -1.98. The van der Waals surface area contributed by atoms with E-state index in [2.05, 4.69) is 22.6 Å². The largest absolute Gasteiger partial charge is 0.508 e. The third-order valence-corrected chi connectivity index (χ3v) is 2.66. The molecule has 0 aromatic heterocycles. The molecule has 1 aliphatic rings. The zero-order chi connectivity index (χ0) is 9.26. The minimum Gasteiger partial charge on any atom is -0.508 e. The lowest BCUT2D eigenvalue weighted by molar-refractivity contribution is 0.298. The zero-order valence-electron chi connectivity index (χ0n) is 7.16. The molecular formula is C10H11IO2. The van der Waals surface area contributed by atoms with Crippen LogP contribution in [0.2, 0.25) is 0 Å². The standard InChI is InChI=1S/C10H11IO2/c11-8-3-9(12)5-10(4-8)13-6-7-1-2-7/h3-5,7,12H,1-2,6H2. The van der Waals surface area contributed by atoms with Gasteiger partial charge in [0.25, 0.3) is 0 Å². The normalized spacial score (nSPS) is 15.8. The fraction of sp³-hybridized carbons (Fsp3) is 0.400. The SMILES string of the molecule is Oc1cc(I)cc(OCC2CC2)c1. The summed E-state index contributed by atoms with van der Waals surface area (Å²) in [5.74, 6) is 1.80. The van der Waals surface area contributed by atoms with Crippen LogP contribution < -0.4 is 4.74 Å². The molecular weight excluding hydrogens is 279 g/mol. The Labute approximate surface area is 91.1 Å². The molecule has 1 N–H and O–H groups in total. The molecule has 13 heavy (non-hydrogen) atoms. The predicted molar refractivity (Wildman–Crippen MR) is 59.0 cm³/mol. The molecule has 3 heteroatoms. The van der Waals surface area contributed by atoms with Crippen molar-refractivity contribution in [3.63, 3.8) is 0 Å². The highest BCUT2D eigenvalue weighted by Crippen LogP contribution is 2.30. The predicted octanol–water partition coefficient (Wildman–Crippen LogP) is 2.79. The highest BCUT2D eigenvalue weighted by molar-refractivity contribution is 14.1. The number of rotatable bonds is 3. The summed E-state index contributed by atoms with van der Waals surface area (Å²) in [6.45, 7) is 0.791. The van der Waals surface area contributed by atoms with Gasteiger partial charge in [-0.3, -0.25) is 0 Å². The summed E-state index contributed by atoms with van der Waals surface area (Å²) in [6.07, 6.45) is 2.58. The smallest absolute Gasteiger partial charge is 0.124 e. The maximum atomic E-state index is 9.29. The quantitative estimate of drug-likeness (QED) is 0.867. The molecule has 0 aliphatic heterocycles. The lowest BCUT2D eigenvalue weighted by atomic mass is 10.3. The minimum atomic E-state index is 0.276. The summed E-state index contributed by atoms with van der Waals surface area (Å²) in [7, 11) is 0. The van der Waals surface area contributed by atoms with E-state index in [0.29, 0.717) is 0 Å². The van der Waals surface area contributed by atoms with Gasteiger partial charge >= 0.3 is 0 Å². The molecule has 0 spiro atoms. The minimum absolute atomic E-state index is 0.276. The second-order valence-corrected chi connectivity index (χ2v) is 4.65. The Morgan fingerprint density at radius 2 is 2.15 bits per heavy atom. The van der Waals surface area contributed by atoms with Gasteiger partial charge in [-0.15, -0.1) is 0 Å². The zero-order valence-corrected chi connectivity index (χ0v) is 9.32. The van der Waals surface area contributed by atoms with Crippen molar-refractivity contribution >= 4 is 22.6 Å². The van der Waals surface area contributed by atoms with Gasteiger partial charge in [-0.1, -0.05) is 0 Å².